The molecule has 0 aliphatic carbocycles. The van der Waals surface area contributed by atoms with Crippen molar-refractivity contribution in [2.75, 3.05) is 13.7 Å². The van der Waals surface area contributed by atoms with Crippen molar-refractivity contribution in [2.24, 2.45) is 0 Å². The smallest absolute Gasteiger partial charge is 0.261 e. The molecule has 0 atom stereocenters. The number of H-pyrrole nitrogens is 1. The molecule has 1 N–H and O–H groups in total. The second-order valence-electron chi connectivity index (χ2n) is 3.55. The zero-order valence-corrected chi connectivity index (χ0v) is 9.93. The minimum absolute atomic E-state index is 0.493. The quantitative estimate of drug-likeness (QED) is 0.860. The summed E-state index contributed by atoms with van der Waals surface area (Å²) in [6.45, 7) is 2.81. The maximum absolute atomic E-state index is 5.51. The summed E-state index contributed by atoms with van der Waals surface area (Å²) in [5, 5.41) is 10.5. The molecule has 5 nitrogen and oxygen atoms in total. The van der Waals surface area contributed by atoms with Gasteiger partial charge in [0, 0.05) is 5.56 Å². The lowest BCUT2D eigenvalue weighted by molar-refractivity contribution is 0.317. The summed E-state index contributed by atoms with van der Waals surface area (Å²) in [4.78, 5) is 0. The van der Waals surface area contributed by atoms with E-state index in [1.165, 1.54) is 0 Å². The van der Waals surface area contributed by atoms with Gasteiger partial charge in [-0.2, -0.15) is 10.3 Å². The minimum Gasteiger partial charge on any atom is -0.494 e. The average molecular weight is 233 g/mol. The van der Waals surface area contributed by atoms with Crippen LogP contribution in [0.3, 0.4) is 0 Å². The molecule has 90 valence electrons. The second kappa shape index (κ2) is 5.34. The van der Waals surface area contributed by atoms with Crippen molar-refractivity contribution in [3.63, 3.8) is 0 Å². The Morgan fingerprint density at radius 1 is 1.18 bits per heavy atom. The van der Waals surface area contributed by atoms with Gasteiger partial charge in [0.1, 0.15) is 5.75 Å². The Kier molecular flexibility index (Phi) is 3.59. The Hall–Kier alpha value is -2.04. The SMILES string of the molecule is CCCOc1ccc(-c2n[nH]nc2OC)cc1. The van der Waals surface area contributed by atoms with Gasteiger partial charge in [-0.3, -0.25) is 0 Å². The highest BCUT2D eigenvalue weighted by molar-refractivity contribution is 5.64. The van der Waals surface area contributed by atoms with Crippen LogP contribution in [0, 0.1) is 0 Å². The summed E-state index contributed by atoms with van der Waals surface area (Å²) < 4.78 is 10.6. The molecule has 0 radical (unpaired) electrons. The van der Waals surface area contributed by atoms with Crippen LogP contribution in [0.5, 0.6) is 11.6 Å². The van der Waals surface area contributed by atoms with Crippen LogP contribution in [-0.4, -0.2) is 29.1 Å². The van der Waals surface area contributed by atoms with Gasteiger partial charge in [0.05, 0.1) is 13.7 Å². The first-order valence-corrected chi connectivity index (χ1v) is 5.53. The number of ether oxygens (including phenoxy) is 2. The van der Waals surface area contributed by atoms with Gasteiger partial charge in [0.25, 0.3) is 5.88 Å². The molecule has 0 spiro atoms. The van der Waals surface area contributed by atoms with Crippen LogP contribution in [0.15, 0.2) is 24.3 Å². The molecule has 0 unspecified atom stereocenters. The van der Waals surface area contributed by atoms with Crippen molar-refractivity contribution in [2.45, 2.75) is 13.3 Å². The Morgan fingerprint density at radius 2 is 1.94 bits per heavy atom. The van der Waals surface area contributed by atoms with E-state index in [0.717, 1.165) is 24.3 Å². The van der Waals surface area contributed by atoms with Crippen molar-refractivity contribution < 1.29 is 9.47 Å². The Balaban J connectivity index is 2.17. The van der Waals surface area contributed by atoms with Crippen LogP contribution in [-0.2, 0) is 0 Å². The van der Waals surface area contributed by atoms with E-state index in [9.17, 15) is 0 Å². The number of nitrogens with zero attached hydrogens (tertiary/aromatic N) is 2. The van der Waals surface area contributed by atoms with E-state index in [-0.39, 0.29) is 0 Å². The molecule has 0 bridgehead atoms. The molecule has 2 aromatic rings. The predicted octanol–water partition coefficient (Wildman–Crippen LogP) is 2.27. The van der Waals surface area contributed by atoms with E-state index in [4.69, 9.17) is 9.47 Å². The molecule has 0 saturated heterocycles. The first-order valence-electron chi connectivity index (χ1n) is 5.53. The zero-order chi connectivity index (χ0) is 12.1. The number of methoxy groups -OCH3 is 1. The largest absolute Gasteiger partial charge is 0.494 e. The molecule has 17 heavy (non-hydrogen) atoms. The van der Waals surface area contributed by atoms with E-state index in [2.05, 4.69) is 22.3 Å². The lowest BCUT2D eigenvalue weighted by atomic mass is 10.1. The summed E-state index contributed by atoms with van der Waals surface area (Å²) in [7, 11) is 1.57. The van der Waals surface area contributed by atoms with Crippen LogP contribution in [0.4, 0.5) is 0 Å². The first kappa shape index (κ1) is 11.4. The van der Waals surface area contributed by atoms with Gasteiger partial charge >= 0.3 is 0 Å². The third kappa shape index (κ3) is 2.55. The van der Waals surface area contributed by atoms with Crippen molar-refractivity contribution in [1.29, 1.82) is 0 Å². The van der Waals surface area contributed by atoms with Crippen LogP contribution in [0.2, 0.25) is 0 Å². The van der Waals surface area contributed by atoms with Crippen molar-refractivity contribution in [3.8, 4) is 22.9 Å². The molecule has 0 amide bonds. The van der Waals surface area contributed by atoms with Crippen LogP contribution in [0.25, 0.3) is 11.3 Å². The molecule has 0 saturated carbocycles. The fourth-order valence-electron chi connectivity index (χ4n) is 1.48. The number of aromatic amines is 1. The summed E-state index contributed by atoms with van der Waals surface area (Å²) in [6.07, 6.45) is 0.999. The molecular weight excluding hydrogens is 218 g/mol. The van der Waals surface area contributed by atoms with E-state index in [1.807, 2.05) is 24.3 Å². The molecular formula is C12H15N3O2. The van der Waals surface area contributed by atoms with Crippen molar-refractivity contribution in [1.82, 2.24) is 15.4 Å². The van der Waals surface area contributed by atoms with Gasteiger partial charge in [-0.05, 0) is 30.7 Å². The molecule has 1 aromatic heterocycles. The molecule has 1 aromatic carbocycles. The van der Waals surface area contributed by atoms with Crippen molar-refractivity contribution in [3.05, 3.63) is 24.3 Å². The number of nitrogens with one attached hydrogen (secondary N) is 1. The average Bonchev–Trinajstić information content (AvgIpc) is 2.85. The number of aromatic nitrogens is 3. The summed E-state index contributed by atoms with van der Waals surface area (Å²) >= 11 is 0. The monoisotopic (exact) mass is 233 g/mol. The molecule has 5 heteroatoms. The first-order chi connectivity index (χ1) is 8.35. The Labute approximate surface area is 99.8 Å². The fraction of sp³-hybridized carbons (Fsp3) is 0.333. The van der Waals surface area contributed by atoms with Gasteiger partial charge in [-0.15, -0.1) is 5.10 Å². The van der Waals surface area contributed by atoms with Gasteiger partial charge in [-0.25, -0.2) is 0 Å². The van der Waals surface area contributed by atoms with Crippen LogP contribution < -0.4 is 9.47 Å². The van der Waals surface area contributed by atoms with Crippen molar-refractivity contribution >= 4 is 0 Å². The highest BCUT2D eigenvalue weighted by Gasteiger charge is 2.10. The number of benzene rings is 1. The molecule has 0 aliphatic rings. The van der Waals surface area contributed by atoms with Crippen LogP contribution in [0.1, 0.15) is 13.3 Å². The number of hydrogen-bond acceptors (Lipinski definition) is 4. The molecule has 2 rings (SSSR count). The minimum atomic E-state index is 0.493. The lowest BCUT2D eigenvalue weighted by Crippen LogP contribution is -1.94. The second-order valence-corrected chi connectivity index (χ2v) is 3.55. The van der Waals surface area contributed by atoms with Gasteiger partial charge in [0.2, 0.25) is 0 Å². The molecule has 0 fully saturated rings. The fourth-order valence-corrected chi connectivity index (χ4v) is 1.48. The van der Waals surface area contributed by atoms with Crippen LogP contribution >= 0.6 is 0 Å². The highest BCUT2D eigenvalue weighted by atomic mass is 16.5. The van der Waals surface area contributed by atoms with Gasteiger partial charge in [0.15, 0.2) is 5.69 Å². The Bertz CT molecular complexity index is 465. The molecule has 1 heterocycles. The summed E-state index contributed by atoms with van der Waals surface area (Å²) in [6, 6.07) is 7.70. The predicted molar refractivity (Wildman–Crippen MR) is 64.2 cm³/mol. The highest BCUT2D eigenvalue weighted by Crippen LogP contribution is 2.26. The Morgan fingerprint density at radius 3 is 2.59 bits per heavy atom. The van der Waals surface area contributed by atoms with Gasteiger partial charge < -0.3 is 9.47 Å². The normalized spacial score (nSPS) is 10.2. The maximum atomic E-state index is 5.51. The third-order valence-electron chi connectivity index (χ3n) is 2.31. The number of rotatable bonds is 5. The molecule has 0 aliphatic heterocycles. The lowest BCUT2D eigenvalue weighted by Gasteiger charge is -2.05. The third-order valence-corrected chi connectivity index (χ3v) is 2.31. The summed E-state index contributed by atoms with van der Waals surface area (Å²) in [5.41, 5.74) is 1.65. The van der Waals surface area contributed by atoms with E-state index in [0.29, 0.717) is 11.6 Å². The van der Waals surface area contributed by atoms with Gasteiger partial charge in [-0.1, -0.05) is 6.92 Å². The van der Waals surface area contributed by atoms with E-state index >= 15 is 0 Å². The van der Waals surface area contributed by atoms with E-state index in [1.54, 1.807) is 7.11 Å². The number of hydrogen-bond donors (Lipinski definition) is 1. The maximum Gasteiger partial charge on any atom is 0.261 e. The summed E-state index contributed by atoms with van der Waals surface area (Å²) in [5.74, 6) is 1.35. The topological polar surface area (TPSA) is 60.0 Å². The standard InChI is InChI=1S/C12H15N3O2/c1-3-8-17-10-6-4-9(5-7-10)11-12(16-2)14-15-13-11/h4-7H,3,8H2,1-2H3,(H,13,14,15). The zero-order valence-electron chi connectivity index (χ0n) is 9.93. The van der Waals surface area contributed by atoms with E-state index < -0.39 is 0 Å².